The van der Waals surface area contributed by atoms with Gasteiger partial charge in [-0.3, -0.25) is 0 Å². The molecule has 1 atom stereocenters. The fraction of sp³-hybridized carbons (Fsp3) is 0.400. The second-order valence-electron chi connectivity index (χ2n) is 4.39. The van der Waals surface area contributed by atoms with Crippen LogP contribution < -0.4 is 4.74 Å². The Labute approximate surface area is 107 Å². The zero-order valence-electron chi connectivity index (χ0n) is 11.1. The minimum atomic E-state index is -0.423. The van der Waals surface area contributed by atoms with Gasteiger partial charge in [0.25, 0.3) is 0 Å². The number of hydrogen-bond acceptors (Lipinski definition) is 3. The summed E-state index contributed by atoms with van der Waals surface area (Å²) in [5.41, 5.74) is 2.88. The van der Waals surface area contributed by atoms with Crippen LogP contribution >= 0.6 is 0 Å². The molecule has 0 saturated heterocycles. The number of aliphatic hydroxyl groups excluding tert-OH is 1. The molecule has 1 N–H and O–H groups in total. The third-order valence-electron chi connectivity index (χ3n) is 3.23. The highest BCUT2D eigenvalue weighted by molar-refractivity contribution is 5.81. The van der Waals surface area contributed by atoms with Crippen LogP contribution in [0.5, 0.6) is 5.88 Å². The third kappa shape index (κ3) is 2.31. The number of ether oxygens (including phenoxy) is 1. The highest BCUT2D eigenvalue weighted by Crippen LogP contribution is 2.26. The second kappa shape index (κ2) is 5.36. The molecule has 0 bridgehead atoms. The molecule has 0 aliphatic rings. The molecule has 1 aromatic carbocycles. The Morgan fingerprint density at radius 3 is 2.67 bits per heavy atom. The Morgan fingerprint density at radius 1 is 1.28 bits per heavy atom. The van der Waals surface area contributed by atoms with Crippen LogP contribution in [0.25, 0.3) is 10.9 Å². The minimum Gasteiger partial charge on any atom is -0.481 e. The minimum absolute atomic E-state index is 0.423. The number of fused-ring (bicyclic) bond motifs is 1. The number of rotatable bonds is 4. The lowest BCUT2D eigenvalue weighted by Gasteiger charge is -2.11. The number of benzene rings is 1. The van der Waals surface area contributed by atoms with Crippen molar-refractivity contribution in [1.82, 2.24) is 4.98 Å². The molecule has 18 heavy (non-hydrogen) atoms. The van der Waals surface area contributed by atoms with Crippen LogP contribution in [0.2, 0.25) is 0 Å². The summed E-state index contributed by atoms with van der Waals surface area (Å²) in [5.74, 6) is 0.674. The fourth-order valence-electron chi connectivity index (χ4n) is 2.08. The normalized spacial score (nSPS) is 12.7. The summed E-state index contributed by atoms with van der Waals surface area (Å²) in [6.07, 6.45) is 1.18. The van der Waals surface area contributed by atoms with Gasteiger partial charge < -0.3 is 9.84 Å². The van der Waals surface area contributed by atoms with Gasteiger partial charge in [-0.05, 0) is 30.5 Å². The molecule has 0 spiro atoms. The van der Waals surface area contributed by atoms with Crippen LogP contribution in [-0.4, -0.2) is 17.2 Å². The first-order valence-electron chi connectivity index (χ1n) is 6.35. The van der Waals surface area contributed by atoms with Crippen LogP contribution in [0.15, 0.2) is 24.3 Å². The lowest BCUT2D eigenvalue weighted by Crippen LogP contribution is -1.98. The van der Waals surface area contributed by atoms with E-state index in [1.807, 2.05) is 25.1 Å². The average molecular weight is 245 g/mol. The van der Waals surface area contributed by atoms with Crippen molar-refractivity contribution in [1.29, 1.82) is 0 Å². The number of nitrogens with zero attached hydrogens (tertiary/aromatic N) is 1. The first-order valence-corrected chi connectivity index (χ1v) is 6.35. The lowest BCUT2D eigenvalue weighted by molar-refractivity contribution is 0.174. The summed E-state index contributed by atoms with van der Waals surface area (Å²) in [4.78, 5) is 4.51. The second-order valence-corrected chi connectivity index (χ2v) is 4.39. The largest absolute Gasteiger partial charge is 0.481 e. The molecular formula is C15H19NO2. The standard InChI is InChI=1S/C15H19NO2/c1-4-10-8-11-6-7-12(14(17)5-2)9-13(11)16-15(10)18-3/h6-9,14,17H,4-5H2,1-3H3. The van der Waals surface area contributed by atoms with Crippen molar-refractivity contribution in [2.24, 2.45) is 0 Å². The van der Waals surface area contributed by atoms with E-state index in [0.717, 1.165) is 28.5 Å². The predicted molar refractivity (Wildman–Crippen MR) is 72.9 cm³/mol. The highest BCUT2D eigenvalue weighted by atomic mass is 16.5. The highest BCUT2D eigenvalue weighted by Gasteiger charge is 2.09. The van der Waals surface area contributed by atoms with Gasteiger partial charge in [0.1, 0.15) is 0 Å². The molecule has 2 aromatic rings. The number of aromatic nitrogens is 1. The van der Waals surface area contributed by atoms with E-state index in [4.69, 9.17) is 4.74 Å². The Morgan fingerprint density at radius 2 is 2.06 bits per heavy atom. The van der Waals surface area contributed by atoms with Crippen molar-refractivity contribution in [3.8, 4) is 5.88 Å². The monoisotopic (exact) mass is 245 g/mol. The zero-order valence-corrected chi connectivity index (χ0v) is 11.1. The van der Waals surface area contributed by atoms with Crippen molar-refractivity contribution in [2.75, 3.05) is 7.11 Å². The van der Waals surface area contributed by atoms with E-state index in [1.54, 1.807) is 7.11 Å². The van der Waals surface area contributed by atoms with Gasteiger partial charge in [-0.15, -0.1) is 0 Å². The van der Waals surface area contributed by atoms with Gasteiger partial charge in [0.15, 0.2) is 0 Å². The van der Waals surface area contributed by atoms with Gasteiger partial charge in [0.2, 0.25) is 5.88 Å². The van der Waals surface area contributed by atoms with E-state index in [-0.39, 0.29) is 0 Å². The van der Waals surface area contributed by atoms with Crippen LogP contribution in [0.3, 0.4) is 0 Å². The maximum atomic E-state index is 9.86. The SMILES string of the molecule is CCc1cc2ccc(C(O)CC)cc2nc1OC. The summed E-state index contributed by atoms with van der Waals surface area (Å²) in [7, 11) is 1.64. The molecule has 0 saturated carbocycles. The molecule has 1 unspecified atom stereocenters. The van der Waals surface area contributed by atoms with Gasteiger partial charge in [-0.1, -0.05) is 26.0 Å². The van der Waals surface area contributed by atoms with Crippen molar-refractivity contribution in [3.63, 3.8) is 0 Å². The number of pyridine rings is 1. The smallest absolute Gasteiger partial charge is 0.216 e. The van der Waals surface area contributed by atoms with E-state index in [2.05, 4.69) is 18.0 Å². The first-order chi connectivity index (χ1) is 8.69. The van der Waals surface area contributed by atoms with Crippen LogP contribution in [0.4, 0.5) is 0 Å². The molecule has 0 aliphatic carbocycles. The van der Waals surface area contributed by atoms with E-state index < -0.39 is 6.10 Å². The van der Waals surface area contributed by atoms with Gasteiger partial charge in [0, 0.05) is 10.9 Å². The van der Waals surface area contributed by atoms with Crippen LogP contribution in [0, 0.1) is 0 Å². The zero-order chi connectivity index (χ0) is 13.1. The molecule has 0 aliphatic heterocycles. The predicted octanol–water partition coefficient (Wildman–Crippen LogP) is 3.25. The molecular weight excluding hydrogens is 226 g/mol. The summed E-state index contributed by atoms with van der Waals surface area (Å²) in [6, 6.07) is 8.01. The van der Waals surface area contributed by atoms with E-state index in [1.165, 1.54) is 0 Å². The van der Waals surface area contributed by atoms with Crippen LogP contribution in [-0.2, 0) is 6.42 Å². The molecule has 2 rings (SSSR count). The summed E-state index contributed by atoms with van der Waals surface area (Å²) in [6.45, 7) is 4.05. The molecule has 0 fully saturated rings. The van der Waals surface area contributed by atoms with Crippen LogP contribution in [0.1, 0.15) is 37.5 Å². The van der Waals surface area contributed by atoms with Gasteiger partial charge in [-0.2, -0.15) is 0 Å². The Balaban J connectivity index is 2.56. The Kier molecular flexibility index (Phi) is 3.82. The average Bonchev–Trinajstić information content (AvgIpc) is 2.44. The number of hydrogen-bond donors (Lipinski definition) is 1. The molecule has 3 nitrogen and oxygen atoms in total. The summed E-state index contributed by atoms with van der Waals surface area (Å²) in [5, 5.41) is 10.9. The molecule has 1 aromatic heterocycles. The van der Waals surface area contributed by atoms with E-state index in [9.17, 15) is 5.11 Å². The first kappa shape index (κ1) is 12.8. The summed E-state index contributed by atoms with van der Waals surface area (Å²) < 4.78 is 5.30. The number of aliphatic hydroxyl groups is 1. The van der Waals surface area contributed by atoms with Crippen molar-refractivity contribution in [2.45, 2.75) is 32.8 Å². The van der Waals surface area contributed by atoms with Crippen molar-refractivity contribution in [3.05, 3.63) is 35.4 Å². The quantitative estimate of drug-likeness (QED) is 0.899. The van der Waals surface area contributed by atoms with Gasteiger partial charge in [-0.25, -0.2) is 4.98 Å². The topological polar surface area (TPSA) is 42.4 Å². The maximum Gasteiger partial charge on any atom is 0.216 e. The third-order valence-corrected chi connectivity index (χ3v) is 3.23. The van der Waals surface area contributed by atoms with Crippen molar-refractivity contribution < 1.29 is 9.84 Å². The summed E-state index contributed by atoms with van der Waals surface area (Å²) >= 11 is 0. The van der Waals surface area contributed by atoms with E-state index >= 15 is 0 Å². The van der Waals surface area contributed by atoms with E-state index in [0.29, 0.717) is 12.3 Å². The number of methoxy groups -OCH3 is 1. The molecule has 1 heterocycles. The van der Waals surface area contributed by atoms with Crippen molar-refractivity contribution >= 4 is 10.9 Å². The van der Waals surface area contributed by atoms with Gasteiger partial charge >= 0.3 is 0 Å². The lowest BCUT2D eigenvalue weighted by atomic mass is 10.0. The fourth-order valence-corrected chi connectivity index (χ4v) is 2.08. The van der Waals surface area contributed by atoms with Gasteiger partial charge in [0.05, 0.1) is 18.7 Å². The maximum absolute atomic E-state index is 9.86. The number of aryl methyl sites for hydroxylation is 1. The Hall–Kier alpha value is -1.61. The Bertz CT molecular complexity index is 551. The molecule has 3 heteroatoms. The molecule has 0 amide bonds. The molecule has 96 valence electrons. The molecule has 0 radical (unpaired) electrons.